The van der Waals surface area contributed by atoms with Crippen molar-refractivity contribution in [2.75, 3.05) is 0 Å². The van der Waals surface area contributed by atoms with E-state index in [9.17, 15) is 4.79 Å². The van der Waals surface area contributed by atoms with E-state index in [0.29, 0.717) is 22.9 Å². The molecule has 1 aromatic carbocycles. The first kappa shape index (κ1) is 21.3. The van der Waals surface area contributed by atoms with Crippen molar-refractivity contribution in [1.82, 2.24) is 19.9 Å². The summed E-state index contributed by atoms with van der Waals surface area (Å²) in [5.74, 6) is 0.335. The number of carbonyl (C=O) groups is 1. The van der Waals surface area contributed by atoms with Gasteiger partial charge in [-0.1, -0.05) is 47.1 Å². The van der Waals surface area contributed by atoms with Crippen LogP contribution in [0.4, 0.5) is 0 Å². The van der Waals surface area contributed by atoms with Gasteiger partial charge in [-0.3, -0.25) is 9.20 Å². The number of amides is 1. The number of nitrogens with zero attached hydrogens (tertiary/aromatic N) is 3. The standard InChI is InChI=1S/C18H19BrClN5O.CH4/c1-18(2,21)17(26)22-14(9-11-3-5-12(19)6-4-11)16-24-23-15-8-7-13(20)10-25(15)16;/h3-8,10,14H,9,21H2,1-2H3,(H,22,26);1H4/t14-;/m1./s1. The van der Waals surface area contributed by atoms with Gasteiger partial charge in [0, 0.05) is 10.7 Å². The number of carbonyl (C=O) groups excluding carboxylic acids is 1. The molecule has 0 radical (unpaired) electrons. The summed E-state index contributed by atoms with van der Waals surface area (Å²) >= 11 is 9.55. The molecule has 3 N–H and O–H groups in total. The highest BCUT2D eigenvalue weighted by atomic mass is 79.9. The summed E-state index contributed by atoms with van der Waals surface area (Å²) in [6.45, 7) is 3.33. The number of aromatic nitrogens is 3. The molecule has 3 aromatic rings. The molecule has 0 aliphatic carbocycles. The molecule has 1 atom stereocenters. The lowest BCUT2D eigenvalue weighted by Crippen LogP contribution is -2.50. The van der Waals surface area contributed by atoms with Gasteiger partial charge in [-0.15, -0.1) is 10.2 Å². The quantitative estimate of drug-likeness (QED) is 0.614. The third-order valence-electron chi connectivity index (χ3n) is 3.95. The third-order valence-corrected chi connectivity index (χ3v) is 4.70. The zero-order valence-electron chi connectivity index (χ0n) is 14.4. The van der Waals surface area contributed by atoms with Gasteiger partial charge in [0.15, 0.2) is 11.5 Å². The first-order valence-electron chi connectivity index (χ1n) is 8.08. The maximum atomic E-state index is 12.5. The molecule has 1 amide bonds. The van der Waals surface area contributed by atoms with Crippen LogP contribution in [0.1, 0.15) is 38.7 Å². The minimum Gasteiger partial charge on any atom is -0.344 e. The first-order chi connectivity index (χ1) is 12.2. The molecule has 2 aromatic heterocycles. The SMILES string of the molecule is C.CC(C)(N)C(=O)N[C@H](Cc1ccc(Br)cc1)c1nnc2ccc(Cl)cn12. The van der Waals surface area contributed by atoms with Crippen LogP contribution in [-0.4, -0.2) is 26.0 Å². The largest absolute Gasteiger partial charge is 0.344 e. The molecule has 0 aliphatic heterocycles. The second kappa shape index (κ2) is 8.37. The van der Waals surface area contributed by atoms with Gasteiger partial charge < -0.3 is 11.1 Å². The Labute approximate surface area is 172 Å². The van der Waals surface area contributed by atoms with Gasteiger partial charge in [0.2, 0.25) is 5.91 Å². The van der Waals surface area contributed by atoms with Crippen LogP contribution in [0, 0.1) is 0 Å². The molecule has 3 rings (SSSR count). The number of pyridine rings is 1. The van der Waals surface area contributed by atoms with Crippen molar-refractivity contribution in [2.45, 2.75) is 39.3 Å². The molecule has 6 nitrogen and oxygen atoms in total. The van der Waals surface area contributed by atoms with Gasteiger partial charge in [-0.25, -0.2) is 0 Å². The van der Waals surface area contributed by atoms with Crippen molar-refractivity contribution in [3.8, 4) is 0 Å². The number of benzene rings is 1. The highest BCUT2D eigenvalue weighted by Gasteiger charge is 2.28. The summed E-state index contributed by atoms with van der Waals surface area (Å²) in [5, 5.41) is 12.0. The first-order valence-corrected chi connectivity index (χ1v) is 9.25. The van der Waals surface area contributed by atoms with Gasteiger partial charge in [0.25, 0.3) is 0 Å². The van der Waals surface area contributed by atoms with Crippen LogP contribution in [0.3, 0.4) is 0 Å². The molecule has 0 bridgehead atoms. The van der Waals surface area contributed by atoms with Crippen molar-refractivity contribution in [3.05, 3.63) is 63.5 Å². The Morgan fingerprint density at radius 3 is 2.56 bits per heavy atom. The predicted molar refractivity (Wildman–Crippen MR) is 112 cm³/mol. The molecule has 8 heteroatoms. The lowest BCUT2D eigenvalue weighted by atomic mass is 10.0. The molecule has 2 heterocycles. The van der Waals surface area contributed by atoms with Crippen molar-refractivity contribution < 1.29 is 4.79 Å². The minimum atomic E-state index is -1.00. The Morgan fingerprint density at radius 2 is 1.93 bits per heavy atom. The number of fused-ring (bicyclic) bond motifs is 1. The zero-order valence-corrected chi connectivity index (χ0v) is 16.8. The van der Waals surface area contributed by atoms with E-state index in [2.05, 4.69) is 31.4 Å². The van der Waals surface area contributed by atoms with E-state index >= 15 is 0 Å². The van der Waals surface area contributed by atoms with E-state index in [1.54, 1.807) is 36.6 Å². The van der Waals surface area contributed by atoms with Crippen LogP contribution in [0.5, 0.6) is 0 Å². The van der Waals surface area contributed by atoms with Crippen LogP contribution in [0.25, 0.3) is 5.65 Å². The number of halogens is 2. The molecule has 144 valence electrons. The molecular weight excluding hydrogens is 430 g/mol. The van der Waals surface area contributed by atoms with Crippen LogP contribution >= 0.6 is 27.5 Å². The zero-order chi connectivity index (χ0) is 18.9. The Balaban J connectivity index is 0.00000261. The molecule has 0 spiro atoms. The fourth-order valence-electron chi connectivity index (χ4n) is 2.53. The summed E-state index contributed by atoms with van der Waals surface area (Å²) in [5.41, 5.74) is 6.65. The predicted octanol–water partition coefficient (Wildman–Crippen LogP) is 3.92. The monoisotopic (exact) mass is 451 g/mol. The molecule has 0 saturated carbocycles. The number of nitrogens with two attached hydrogens (primary N) is 1. The highest BCUT2D eigenvalue weighted by molar-refractivity contribution is 9.10. The fourth-order valence-corrected chi connectivity index (χ4v) is 2.95. The van der Waals surface area contributed by atoms with Crippen molar-refractivity contribution in [2.24, 2.45) is 5.73 Å². The Kier molecular flexibility index (Phi) is 6.62. The number of hydrogen-bond acceptors (Lipinski definition) is 4. The average Bonchev–Trinajstić information content (AvgIpc) is 2.98. The fraction of sp³-hybridized carbons (Fsp3) is 0.316. The van der Waals surface area contributed by atoms with Gasteiger partial charge in [0.1, 0.15) is 0 Å². The smallest absolute Gasteiger partial charge is 0.240 e. The van der Waals surface area contributed by atoms with E-state index in [0.717, 1.165) is 10.0 Å². The summed E-state index contributed by atoms with van der Waals surface area (Å²) in [4.78, 5) is 12.5. The molecule has 0 unspecified atom stereocenters. The second-order valence-corrected chi connectivity index (χ2v) is 8.06. The van der Waals surface area contributed by atoms with Crippen LogP contribution < -0.4 is 11.1 Å². The van der Waals surface area contributed by atoms with Crippen LogP contribution in [0.2, 0.25) is 5.02 Å². The summed E-state index contributed by atoms with van der Waals surface area (Å²) in [6, 6.07) is 11.0. The maximum absolute atomic E-state index is 12.5. The van der Waals surface area contributed by atoms with Gasteiger partial charge in [-0.05, 0) is 50.1 Å². The van der Waals surface area contributed by atoms with Crippen LogP contribution in [0.15, 0.2) is 47.1 Å². The highest BCUT2D eigenvalue weighted by Crippen LogP contribution is 2.22. The Hall–Kier alpha value is -1.96. The molecule has 27 heavy (non-hydrogen) atoms. The van der Waals surface area contributed by atoms with E-state index in [1.165, 1.54) is 0 Å². The topological polar surface area (TPSA) is 85.3 Å². The normalized spacial score (nSPS) is 12.5. The molecular formula is C19H23BrClN5O. The van der Waals surface area contributed by atoms with Gasteiger partial charge in [0.05, 0.1) is 16.6 Å². The average molecular weight is 453 g/mol. The maximum Gasteiger partial charge on any atom is 0.240 e. The van der Waals surface area contributed by atoms with Gasteiger partial charge >= 0.3 is 0 Å². The Bertz CT molecular complexity index is 933. The van der Waals surface area contributed by atoms with E-state index in [1.807, 2.05) is 24.3 Å². The number of rotatable bonds is 5. The number of hydrogen-bond donors (Lipinski definition) is 2. The van der Waals surface area contributed by atoms with Crippen molar-refractivity contribution in [1.29, 1.82) is 0 Å². The lowest BCUT2D eigenvalue weighted by Gasteiger charge is -2.23. The van der Waals surface area contributed by atoms with Gasteiger partial charge in [-0.2, -0.15) is 0 Å². The summed E-state index contributed by atoms with van der Waals surface area (Å²) < 4.78 is 2.78. The summed E-state index contributed by atoms with van der Waals surface area (Å²) in [6.07, 6.45) is 2.28. The van der Waals surface area contributed by atoms with E-state index in [4.69, 9.17) is 17.3 Å². The minimum absolute atomic E-state index is 0. The molecule has 0 fully saturated rings. The molecule has 0 aliphatic rings. The number of nitrogens with one attached hydrogen (secondary N) is 1. The van der Waals surface area contributed by atoms with E-state index in [-0.39, 0.29) is 13.3 Å². The Morgan fingerprint density at radius 1 is 1.26 bits per heavy atom. The van der Waals surface area contributed by atoms with Crippen molar-refractivity contribution in [3.63, 3.8) is 0 Å². The lowest BCUT2D eigenvalue weighted by molar-refractivity contribution is -0.126. The molecule has 0 saturated heterocycles. The van der Waals surface area contributed by atoms with Crippen LogP contribution in [-0.2, 0) is 11.2 Å². The van der Waals surface area contributed by atoms with Crippen molar-refractivity contribution >= 4 is 39.1 Å². The van der Waals surface area contributed by atoms with E-state index < -0.39 is 11.6 Å². The second-order valence-electron chi connectivity index (χ2n) is 6.71. The third kappa shape index (κ3) is 5.06. The summed E-state index contributed by atoms with van der Waals surface area (Å²) in [7, 11) is 0.